The van der Waals surface area contributed by atoms with Crippen molar-refractivity contribution >= 4 is 29.2 Å². The van der Waals surface area contributed by atoms with E-state index >= 15 is 0 Å². The highest BCUT2D eigenvalue weighted by Gasteiger charge is 2.26. The van der Waals surface area contributed by atoms with Crippen molar-refractivity contribution in [2.45, 2.75) is 19.4 Å². The lowest BCUT2D eigenvalue weighted by Crippen LogP contribution is -2.40. The Bertz CT molecular complexity index is 470. The molecule has 0 spiro atoms. The first-order valence-corrected chi connectivity index (χ1v) is 7.79. The second kappa shape index (κ2) is 7.99. The number of ether oxygens (including phenoxy) is 2. The van der Waals surface area contributed by atoms with Crippen molar-refractivity contribution in [3.63, 3.8) is 0 Å². The van der Waals surface area contributed by atoms with Gasteiger partial charge in [0.25, 0.3) is 0 Å². The Labute approximate surface area is 134 Å². The standard InChI is InChI=1S/C15H19Cl2NO3/c1-2-21-15(19)10-14(18-3-5-20-6-4-18)11-7-12(16)9-13(17)8-11/h7-9,14H,2-6,10H2,1H3. The molecule has 1 atom stereocenters. The van der Waals surface area contributed by atoms with Crippen molar-refractivity contribution in [3.05, 3.63) is 33.8 Å². The molecule has 0 amide bonds. The Hall–Kier alpha value is -0.810. The summed E-state index contributed by atoms with van der Waals surface area (Å²) in [4.78, 5) is 14.1. The molecule has 1 unspecified atom stereocenters. The number of carbonyl (C=O) groups excluding carboxylic acids is 1. The van der Waals surface area contributed by atoms with E-state index in [0.29, 0.717) is 29.9 Å². The lowest BCUT2D eigenvalue weighted by molar-refractivity contribution is -0.145. The van der Waals surface area contributed by atoms with Crippen molar-refractivity contribution in [3.8, 4) is 0 Å². The Morgan fingerprint density at radius 1 is 1.29 bits per heavy atom. The van der Waals surface area contributed by atoms with E-state index in [2.05, 4.69) is 4.90 Å². The monoisotopic (exact) mass is 331 g/mol. The van der Waals surface area contributed by atoms with E-state index < -0.39 is 0 Å². The van der Waals surface area contributed by atoms with Gasteiger partial charge < -0.3 is 9.47 Å². The fourth-order valence-electron chi connectivity index (χ4n) is 2.49. The molecule has 0 bridgehead atoms. The van der Waals surface area contributed by atoms with E-state index in [0.717, 1.165) is 18.7 Å². The Morgan fingerprint density at radius 2 is 1.90 bits per heavy atom. The van der Waals surface area contributed by atoms with E-state index in [1.165, 1.54) is 0 Å². The molecule has 1 aromatic rings. The summed E-state index contributed by atoms with van der Waals surface area (Å²) in [7, 11) is 0. The van der Waals surface area contributed by atoms with Gasteiger partial charge in [0.15, 0.2) is 0 Å². The molecular weight excluding hydrogens is 313 g/mol. The third-order valence-electron chi connectivity index (χ3n) is 3.42. The number of rotatable bonds is 5. The normalized spacial score (nSPS) is 17.5. The lowest BCUT2D eigenvalue weighted by Gasteiger charge is -2.34. The van der Waals surface area contributed by atoms with Crippen LogP contribution in [0.4, 0.5) is 0 Å². The highest BCUT2D eigenvalue weighted by Crippen LogP contribution is 2.30. The number of hydrogen-bond donors (Lipinski definition) is 0. The summed E-state index contributed by atoms with van der Waals surface area (Å²) in [5.41, 5.74) is 0.933. The number of hydrogen-bond acceptors (Lipinski definition) is 4. The molecule has 1 aliphatic heterocycles. The second-order valence-corrected chi connectivity index (χ2v) is 5.75. The molecule has 21 heavy (non-hydrogen) atoms. The van der Waals surface area contributed by atoms with Gasteiger partial charge in [0.1, 0.15) is 0 Å². The predicted octanol–water partition coefficient (Wildman–Crippen LogP) is 3.32. The summed E-state index contributed by atoms with van der Waals surface area (Å²) in [5, 5.41) is 1.14. The molecule has 1 aliphatic rings. The minimum atomic E-state index is -0.218. The molecule has 0 radical (unpaired) electrons. The topological polar surface area (TPSA) is 38.8 Å². The molecule has 0 N–H and O–H groups in total. The van der Waals surface area contributed by atoms with Crippen LogP contribution in [0.1, 0.15) is 24.9 Å². The van der Waals surface area contributed by atoms with Gasteiger partial charge in [-0.1, -0.05) is 23.2 Å². The smallest absolute Gasteiger partial charge is 0.307 e. The van der Waals surface area contributed by atoms with Gasteiger partial charge in [0, 0.05) is 29.2 Å². The zero-order chi connectivity index (χ0) is 15.2. The third kappa shape index (κ3) is 4.85. The Balaban J connectivity index is 2.22. The maximum Gasteiger partial charge on any atom is 0.307 e. The van der Waals surface area contributed by atoms with Gasteiger partial charge in [-0.05, 0) is 30.7 Å². The van der Waals surface area contributed by atoms with Crippen molar-refractivity contribution in [1.82, 2.24) is 4.90 Å². The van der Waals surface area contributed by atoms with Crippen molar-refractivity contribution in [2.75, 3.05) is 32.9 Å². The van der Waals surface area contributed by atoms with Crippen LogP contribution < -0.4 is 0 Å². The van der Waals surface area contributed by atoms with E-state index in [1.807, 2.05) is 12.1 Å². The first-order valence-electron chi connectivity index (χ1n) is 7.03. The van der Waals surface area contributed by atoms with Crippen molar-refractivity contribution in [1.29, 1.82) is 0 Å². The molecular formula is C15H19Cl2NO3. The summed E-state index contributed by atoms with van der Waals surface area (Å²) < 4.78 is 10.5. The number of nitrogens with zero attached hydrogens (tertiary/aromatic N) is 1. The number of morpholine rings is 1. The number of carbonyl (C=O) groups is 1. The molecule has 1 aromatic carbocycles. The molecule has 2 rings (SSSR count). The van der Waals surface area contributed by atoms with Gasteiger partial charge >= 0.3 is 5.97 Å². The lowest BCUT2D eigenvalue weighted by atomic mass is 10.0. The molecule has 1 heterocycles. The number of benzene rings is 1. The van der Waals surface area contributed by atoms with Crippen LogP contribution in [-0.2, 0) is 14.3 Å². The van der Waals surface area contributed by atoms with Crippen LogP contribution in [0, 0.1) is 0 Å². The predicted molar refractivity (Wildman–Crippen MR) is 82.8 cm³/mol. The van der Waals surface area contributed by atoms with Crippen LogP contribution >= 0.6 is 23.2 Å². The molecule has 4 nitrogen and oxygen atoms in total. The van der Waals surface area contributed by atoms with E-state index in [1.54, 1.807) is 13.0 Å². The molecule has 6 heteroatoms. The molecule has 1 fully saturated rings. The zero-order valence-electron chi connectivity index (χ0n) is 12.0. The quantitative estimate of drug-likeness (QED) is 0.776. The van der Waals surface area contributed by atoms with Crippen LogP contribution in [0.3, 0.4) is 0 Å². The van der Waals surface area contributed by atoms with Gasteiger partial charge in [0.2, 0.25) is 0 Å². The molecule has 116 valence electrons. The Morgan fingerprint density at radius 3 is 2.48 bits per heavy atom. The van der Waals surface area contributed by atoms with Crippen LogP contribution in [-0.4, -0.2) is 43.8 Å². The molecule has 0 aliphatic carbocycles. The van der Waals surface area contributed by atoms with Crippen LogP contribution in [0.5, 0.6) is 0 Å². The molecule has 0 saturated carbocycles. The van der Waals surface area contributed by atoms with Gasteiger partial charge in [-0.25, -0.2) is 0 Å². The Kier molecular flexibility index (Phi) is 6.30. The van der Waals surface area contributed by atoms with Gasteiger partial charge in [-0.15, -0.1) is 0 Å². The van der Waals surface area contributed by atoms with Crippen LogP contribution in [0.15, 0.2) is 18.2 Å². The van der Waals surface area contributed by atoms with Crippen LogP contribution in [0.2, 0.25) is 10.0 Å². The van der Waals surface area contributed by atoms with Crippen LogP contribution in [0.25, 0.3) is 0 Å². The van der Waals surface area contributed by atoms with Gasteiger partial charge in [-0.2, -0.15) is 0 Å². The van der Waals surface area contributed by atoms with E-state index in [9.17, 15) is 4.79 Å². The largest absolute Gasteiger partial charge is 0.466 e. The average molecular weight is 332 g/mol. The summed E-state index contributed by atoms with van der Waals surface area (Å²) in [6, 6.07) is 5.30. The fourth-order valence-corrected chi connectivity index (χ4v) is 3.04. The summed E-state index contributed by atoms with van der Waals surface area (Å²) in [6.45, 7) is 5.05. The third-order valence-corrected chi connectivity index (χ3v) is 3.86. The highest BCUT2D eigenvalue weighted by atomic mass is 35.5. The fraction of sp³-hybridized carbons (Fsp3) is 0.533. The summed E-state index contributed by atoms with van der Waals surface area (Å²) in [5.74, 6) is -0.218. The molecule has 1 saturated heterocycles. The van der Waals surface area contributed by atoms with Gasteiger partial charge in [0.05, 0.1) is 26.2 Å². The van der Waals surface area contributed by atoms with Gasteiger partial charge in [-0.3, -0.25) is 9.69 Å². The summed E-state index contributed by atoms with van der Waals surface area (Å²) >= 11 is 12.2. The maximum absolute atomic E-state index is 11.9. The minimum Gasteiger partial charge on any atom is -0.466 e. The summed E-state index contributed by atoms with van der Waals surface area (Å²) in [6.07, 6.45) is 0.282. The van der Waals surface area contributed by atoms with E-state index in [4.69, 9.17) is 32.7 Å². The number of halogens is 2. The maximum atomic E-state index is 11.9. The second-order valence-electron chi connectivity index (χ2n) is 4.88. The van der Waals surface area contributed by atoms with E-state index in [-0.39, 0.29) is 18.4 Å². The zero-order valence-corrected chi connectivity index (χ0v) is 13.5. The minimum absolute atomic E-state index is 0.0934. The first kappa shape index (κ1) is 16.6. The highest BCUT2D eigenvalue weighted by molar-refractivity contribution is 6.34. The van der Waals surface area contributed by atoms with Crippen molar-refractivity contribution < 1.29 is 14.3 Å². The number of esters is 1. The average Bonchev–Trinajstić information content (AvgIpc) is 2.45. The molecule has 0 aromatic heterocycles. The first-order chi connectivity index (χ1) is 10.1. The van der Waals surface area contributed by atoms with Crippen molar-refractivity contribution in [2.24, 2.45) is 0 Å². The SMILES string of the molecule is CCOC(=O)CC(c1cc(Cl)cc(Cl)c1)N1CCOCC1.